The Bertz CT molecular complexity index is 1040. The van der Waals surface area contributed by atoms with Crippen molar-refractivity contribution in [1.29, 1.82) is 0 Å². The molecule has 11 heteroatoms. The third kappa shape index (κ3) is 5.55. The van der Waals surface area contributed by atoms with Crippen molar-refractivity contribution in [3.63, 3.8) is 0 Å². The third-order valence-corrected chi connectivity index (χ3v) is 6.23. The van der Waals surface area contributed by atoms with Gasteiger partial charge in [0.1, 0.15) is 5.82 Å². The number of halogens is 1. The van der Waals surface area contributed by atoms with Crippen LogP contribution in [-0.4, -0.2) is 36.8 Å². The number of aromatic nitrogens is 4. The number of aryl methyl sites for hydroxylation is 1. The van der Waals surface area contributed by atoms with Gasteiger partial charge >= 0.3 is 0 Å². The van der Waals surface area contributed by atoms with Gasteiger partial charge in [0.2, 0.25) is 11.8 Å². The Balaban J connectivity index is 1.59. The van der Waals surface area contributed by atoms with Crippen LogP contribution in [0.3, 0.4) is 0 Å². The molecule has 0 aliphatic carbocycles. The van der Waals surface area contributed by atoms with Crippen molar-refractivity contribution < 1.29 is 9.59 Å². The number of carbonyl (C=O) groups excluding carboxylic acids is 2. The van der Waals surface area contributed by atoms with E-state index in [9.17, 15) is 9.59 Å². The zero-order chi connectivity index (χ0) is 21.0. The molecule has 0 saturated carbocycles. The lowest BCUT2D eigenvalue weighted by Crippen LogP contribution is -2.23. The maximum Gasteiger partial charge on any atom is 0.239 e. The number of benzene rings is 1. The van der Waals surface area contributed by atoms with Crippen molar-refractivity contribution in [3.8, 4) is 0 Å². The standard InChI is InChI=1S/C18H19ClN6O2S2/c1-10-9-28-17(20-10)22-16(27)11(2)29-18-24-23-14(25(18)3)8-15(26)21-13-7-5-4-6-12(13)19/h4-7,9,11H,8H2,1-3H3,(H,21,26)(H,20,22,27)/t11-/m1/s1. The van der Waals surface area contributed by atoms with Crippen LogP contribution in [0.2, 0.25) is 5.02 Å². The summed E-state index contributed by atoms with van der Waals surface area (Å²) in [5.41, 5.74) is 1.40. The van der Waals surface area contributed by atoms with Crippen LogP contribution in [0.4, 0.5) is 10.8 Å². The molecular weight excluding hydrogens is 432 g/mol. The first-order valence-electron chi connectivity index (χ1n) is 8.65. The predicted molar refractivity (Wildman–Crippen MR) is 116 cm³/mol. The normalized spacial score (nSPS) is 11.9. The van der Waals surface area contributed by atoms with E-state index in [1.165, 1.54) is 23.1 Å². The van der Waals surface area contributed by atoms with E-state index in [4.69, 9.17) is 11.6 Å². The summed E-state index contributed by atoms with van der Waals surface area (Å²) in [5.74, 6) is 0.0562. The van der Waals surface area contributed by atoms with E-state index in [1.54, 1.807) is 42.8 Å². The predicted octanol–water partition coefficient (Wildman–Crippen LogP) is 3.53. The molecule has 0 fully saturated rings. The van der Waals surface area contributed by atoms with Gasteiger partial charge in [-0.15, -0.1) is 21.5 Å². The summed E-state index contributed by atoms with van der Waals surface area (Å²) < 4.78 is 1.70. The maximum atomic E-state index is 12.4. The van der Waals surface area contributed by atoms with Gasteiger partial charge in [-0.1, -0.05) is 35.5 Å². The first-order chi connectivity index (χ1) is 13.8. The van der Waals surface area contributed by atoms with Crippen LogP contribution < -0.4 is 10.6 Å². The van der Waals surface area contributed by atoms with E-state index < -0.39 is 5.25 Å². The van der Waals surface area contributed by atoms with Gasteiger partial charge in [0.25, 0.3) is 0 Å². The van der Waals surface area contributed by atoms with Crippen molar-refractivity contribution in [1.82, 2.24) is 19.7 Å². The minimum atomic E-state index is -0.410. The van der Waals surface area contributed by atoms with Gasteiger partial charge in [-0.3, -0.25) is 9.59 Å². The number of hydrogen-bond acceptors (Lipinski definition) is 7. The second kappa shape index (κ2) is 9.38. The van der Waals surface area contributed by atoms with Gasteiger partial charge in [0, 0.05) is 12.4 Å². The minimum absolute atomic E-state index is 0.0360. The third-order valence-electron chi connectivity index (χ3n) is 3.89. The van der Waals surface area contributed by atoms with Gasteiger partial charge in [0.15, 0.2) is 10.3 Å². The fourth-order valence-corrected chi connectivity index (χ4v) is 4.04. The van der Waals surface area contributed by atoms with Crippen LogP contribution >= 0.6 is 34.7 Å². The number of rotatable bonds is 7. The van der Waals surface area contributed by atoms with Gasteiger partial charge in [-0.05, 0) is 26.0 Å². The molecule has 0 saturated heterocycles. The Morgan fingerprint density at radius 2 is 2.03 bits per heavy atom. The average Bonchev–Trinajstić information content (AvgIpc) is 3.23. The van der Waals surface area contributed by atoms with Gasteiger partial charge in [0.05, 0.1) is 28.1 Å². The number of thiazole rings is 1. The zero-order valence-corrected chi connectivity index (χ0v) is 18.4. The average molecular weight is 451 g/mol. The fourth-order valence-electron chi connectivity index (χ4n) is 2.33. The van der Waals surface area contributed by atoms with E-state index in [1.807, 2.05) is 12.3 Å². The van der Waals surface area contributed by atoms with Crippen molar-refractivity contribution in [2.45, 2.75) is 30.7 Å². The molecular formula is C18H19ClN6O2S2. The molecule has 1 atom stereocenters. The summed E-state index contributed by atoms with van der Waals surface area (Å²) in [6.45, 7) is 3.65. The first kappa shape index (κ1) is 21.3. The zero-order valence-electron chi connectivity index (χ0n) is 16.0. The monoisotopic (exact) mass is 450 g/mol. The fraction of sp³-hybridized carbons (Fsp3) is 0.278. The Hall–Kier alpha value is -2.43. The highest BCUT2D eigenvalue weighted by molar-refractivity contribution is 8.00. The molecule has 2 heterocycles. The molecule has 2 amide bonds. The maximum absolute atomic E-state index is 12.4. The van der Waals surface area contributed by atoms with Crippen molar-refractivity contribution in [2.24, 2.45) is 7.05 Å². The van der Waals surface area contributed by atoms with Crippen LogP contribution in [0.1, 0.15) is 18.4 Å². The minimum Gasteiger partial charge on any atom is -0.324 e. The summed E-state index contributed by atoms with van der Waals surface area (Å²) >= 11 is 8.70. The van der Waals surface area contributed by atoms with Gasteiger partial charge in [-0.2, -0.15) is 0 Å². The molecule has 2 N–H and O–H groups in total. The van der Waals surface area contributed by atoms with Crippen molar-refractivity contribution in [2.75, 3.05) is 10.6 Å². The summed E-state index contributed by atoms with van der Waals surface area (Å²) in [6.07, 6.45) is 0.0360. The molecule has 29 heavy (non-hydrogen) atoms. The highest BCUT2D eigenvalue weighted by Crippen LogP contribution is 2.24. The molecule has 0 bridgehead atoms. The highest BCUT2D eigenvalue weighted by atomic mass is 35.5. The number of carbonyl (C=O) groups is 2. The summed E-state index contributed by atoms with van der Waals surface area (Å²) in [5, 5.41) is 16.8. The van der Waals surface area contributed by atoms with Gasteiger partial charge < -0.3 is 15.2 Å². The Labute approximate surface area is 181 Å². The van der Waals surface area contributed by atoms with Crippen LogP contribution in [-0.2, 0) is 23.1 Å². The summed E-state index contributed by atoms with van der Waals surface area (Å²) in [6, 6.07) is 7.01. The number of nitrogens with zero attached hydrogens (tertiary/aromatic N) is 4. The van der Waals surface area contributed by atoms with E-state index in [0.717, 1.165) is 5.69 Å². The molecule has 0 spiro atoms. The highest BCUT2D eigenvalue weighted by Gasteiger charge is 2.20. The molecule has 3 aromatic rings. The van der Waals surface area contributed by atoms with Crippen LogP contribution in [0.15, 0.2) is 34.8 Å². The van der Waals surface area contributed by atoms with E-state index in [-0.39, 0.29) is 18.2 Å². The van der Waals surface area contributed by atoms with E-state index in [0.29, 0.717) is 26.8 Å². The van der Waals surface area contributed by atoms with Crippen LogP contribution in [0.25, 0.3) is 0 Å². The molecule has 0 aliphatic rings. The second-order valence-electron chi connectivity index (χ2n) is 6.21. The lowest BCUT2D eigenvalue weighted by molar-refractivity contribution is -0.116. The number of anilines is 2. The Morgan fingerprint density at radius 1 is 1.28 bits per heavy atom. The van der Waals surface area contributed by atoms with Gasteiger partial charge in [-0.25, -0.2) is 4.98 Å². The molecule has 0 aliphatic heterocycles. The molecule has 2 aromatic heterocycles. The molecule has 8 nitrogen and oxygen atoms in total. The Morgan fingerprint density at radius 3 is 2.72 bits per heavy atom. The lowest BCUT2D eigenvalue weighted by atomic mass is 10.3. The number of thioether (sulfide) groups is 1. The number of hydrogen-bond donors (Lipinski definition) is 2. The topological polar surface area (TPSA) is 102 Å². The second-order valence-corrected chi connectivity index (χ2v) is 8.78. The van der Waals surface area contributed by atoms with Crippen LogP contribution in [0.5, 0.6) is 0 Å². The molecule has 3 rings (SSSR count). The summed E-state index contributed by atoms with van der Waals surface area (Å²) in [4.78, 5) is 28.9. The van der Waals surface area contributed by atoms with Crippen molar-refractivity contribution in [3.05, 3.63) is 46.2 Å². The summed E-state index contributed by atoms with van der Waals surface area (Å²) in [7, 11) is 1.76. The molecule has 0 unspecified atom stereocenters. The Kier molecular flexibility index (Phi) is 6.88. The number of para-hydroxylation sites is 1. The lowest BCUT2D eigenvalue weighted by Gasteiger charge is -2.10. The molecule has 152 valence electrons. The smallest absolute Gasteiger partial charge is 0.239 e. The largest absolute Gasteiger partial charge is 0.324 e. The quantitative estimate of drug-likeness (QED) is 0.534. The SMILES string of the molecule is Cc1csc(NC(=O)[C@@H](C)Sc2nnc(CC(=O)Nc3ccccc3Cl)n2C)n1. The molecule has 1 aromatic carbocycles. The van der Waals surface area contributed by atoms with E-state index >= 15 is 0 Å². The van der Waals surface area contributed by atoms with Crippen LogP contribution in [0, 0.1) is 6.92 Å². The number of nitrogens with one attached hydrogen (secondary N) is 2. The number of amides is 2. The van der Waals surface area contributed by atoms with Crippen molar-refractivity contribution >= 4 is 57.3 Å². The molecule has 0 radical (unpaired) electrons. The van der Waals surface area contributed by atoms with E-state index in [2.05, 4.69) is 25.8 Å². The first-order valence-corrected chi connectivity index (χ1v) is 10.8.